The third-order valence-corrected chi connectivity index (χ3v) is 5.07. The summed E-state index contributed by atoms with van der Waals surface area (Å²) in [5.41, 5.74) is 2.60. The van der Waals surface area contributed by atoms with E-state index >= 15 is 0 Å². The van der Waals surface area contributed by atoms with Crippen LogP contribution >= 0.6 is 0 Å². The van der Waals surface area contributed by atoms with Crippen LogP contribution in [0, 0.1) is 5.82 Å². The van der Waals surface area contributed by atoms with Gasteiger partial charge in [0.2, 0.25) is 0 Å². The van der Waals surface area contributed by atoms with Crippen LogP contribution in [0.2, 0.25) is 0 Å². The minimum absolute atomic E-state index is 0.225. The molecule has 0 bridgehead atoms. The molecule has 9 heteroatoms. The van der Waals surface area contributed by atoms with E-state index in [9.17, 15) is 9.18 Å². The van der Waals surface area contributed by atoms with Gasteiger partial charge < -0.3 is 20.8 Å². The minimum atomic E-state index is -0.467. The highest BCUT2D eigenvalue weighted by Crippen LogP contribution is 2.33. The van der Waals surface area contributed by atoms with Gasteiger partial charge in [-0.25, -0.2) is 9.18 Å². The van der Waals surface area contributed by atoms with Gasteiger partial charge in [-0.15, -0.1) is 5.06 Å². The summed E-state index contributed by atoms with van der Waals surface area (Å²) in [6.45, 7) is 4.57. The smallest absolute Gasteiger partial charge is 0.323 e. The maximum absolute atomic E-state index is 13.4. The van der Waals surface area contributed by atoms with Crippen molar-refractivity contribution in [2.75, 3.05) is 30.3 Å². The average molecular weight is 424 g/mol. The van der Waals surface area contributed by atoms with Crippen molar-refractivity contribution in [1.29, 1.82) is 0 Å². The van der Waals surface area contributed by atoms with Gasteiger partial charge in [-0.1, -0.05) is 6.07 Å². The van der Waals surface area contributed by atoms with Crippen molar-refractivity contribution in [3.63, 3.8) is 0 Å². The first-order valence-electron chi connectivity index (χ1n) is 10.1. The van der Waals surface area contributed by atoms with E-state index in [0.717, 1.165) is 30.9 Å². The number of hydrogen-bond acceptors (Lipinski definition) is 5. The van der Waals surface area contributed by atoms with Crippen LogP contribution < -0.4 is 20.8 Å². The molecular weight excluding hydrogens is 399 g/mol. The molecule has 8 nitrogen and oxygen atoms in total. The lowest BCUT2D eigenvalue weighted by Crippen LogP contribution is -2.51. The first kappa shape index (κ1) is 20.8. The standard InChI is InChI=1S/C22H25FN6O2/c1-15-14-24-10-11-29(15)31-21-7-6-18(13-19(21)20-8-9-25-28(20)2)27-22(30)26-17-5-3-4-16(23)12-17/h3-9,12-13,15,24H,10-11,14H2,1-2H3,(H2,26,27,30). The predicted octanol–water partition coefficient (Wildman–Crippen LogP) is 3.46. The van der Waals surface area contributed by atoms with E-state index in [1.54, 1.807) is 23.0 Å². The largest absolute Gasteiger partial charge is 0.405 e. The summed E-state index contributed by atoms with van der Waals surface area (Å²) < 4.78 is 15.1. The fourth-order valence-corrected chi connectivity index (χ4v) is 3.47. The second-order valence-electron chi connectivity index (χ2n) is 7.43. The molecule has 0 radical (unpaired) electrons. The molecule has 3 aromatic rings. The lowest BCUT2D eigenvalue weighted by Gasteiger charge is -2.33. The van der Waals surface area contributed by atoms with Gasteiger partial charge in [-0.05, 0) is 49.4 Å². The number of aryl methyl sites for hydroxylation is 1. The van der Waals surface area contributed by atoms with Crippen LogP contribution in [-0.4, -0.2) is 46.6 Å². The average Bonchev–Trinajstić information content (AvgIpc) is 3.16. The Morgan fingerprint density at radius 1 is 1.19 bits per heavy atom. The summed E-state index contributed by atoms with van der Waals surface area (Å²) in [6.07, 6.45) is 1.71. The van der Waals surface area contributed by atoms with Gasteiger partial charge in [0.1, 0.15) is 5.82 Å². The Morgan fingerprint density at radius 3 is 2.71 bits per heavy atom. The Hall–Kier alpha value is -3.43. The number of hydrogen-bond donors (Lipinski definition) is 3. The van der Waals surface area contributed by atoms with E-state index in [2.05, 4.69) is 28.0 Å². The molecule has 162 valence electrons. The first-order valence-corrected chi connectivity index (χ1v) is 10.1. The third-order valence-electron chi connectivity index (χ3n) is 5.07. The normalized spacial score (nSPS) is 16.7. The quantitative estimate of drug-likeness (QED) is 0.584. The number of hydroxylamine groups is 2. The van der Waals surface area contributed by atoms with Crippen LogP contribution in [0.4, 0.5) is 20.6 Å². The van der Waals surface area contributed by atoms with Gasteiger partial charge in [-0.2, -0.15) is 5.10 Å². The second-order valence-corrected chi connectivity index (χ2v) is 7.43. The molecular formula is C22H25FN6O2. The summed E-state index contributed by atoms with van der Waals surface area (Å²) in [7, 11) is 1.85. The molecule has 4 rings (SSSR count). The number of benzene rings is 2. The minimum Gasteiger partial charge on any atom is -0.405 e. The molecule has 2 heterocycles. The van der Waals surface area contributed by atoms with Gasteiger partial charge in [0.05, 0.1) is 11.7 Å². The van der Waals surface area contributed by atoms with Crippen LogP contribution in [0.3, 0.4) is 0 Å². The molecule has 0 aliphatic carbocycles. The zero-order valence-corrected chi connectivity index (χ0v) is 17.4. The highest BCUT2D eigenvalue weighted by atomic mass is 19.1. The number of carbonyl (C=O) groups excluding carboxylic acids is 1. The molecule has 1 fully saturated rings. The topological polar surface area (TPSA) is 83.4 Å². The number of aromatic nitrogens is 2. The fraction of sp³-hybridized carbons (Fsp3) is 0.273. The van der Waals surface area contributed by atoms with E-state index in [0.29, 0.717) is 17.1 Å². The molecule has 2 aromatic carbocycles. The third kappa shape index (κ3) is 5.01. The summed E-state index contributed by atoms with van der Waals surface area (Å²) in [5.74, 6) is 0.258. The number of amides is 2. The van der Waals surface area contributed by atoms with Gasteiger partial charge in [-0.3, -0.25) is 4.68 Å². The van der Waals surface area contributed by atoms with Crippen LogP contribution in [0.5, 0.6) is 5.75 Å². The van der Waals surface area contributed by atoms with Crippen molar-refractivity contribution in [3.8, 4) is 17.0 Å². The molecule has 1 saturated heterocycles. The molecule has 3 N–H and O–H groups in total. The Balaban J connectivity index is 1.56. The van der Waals surface area contributed by atoms with Gasteiger partial charge in [0.15, 0.2) is 5.75 Å². The number of nitrogens with zero attached hydrogens (tertiary/aromatic N) is 3. The monoisotopic (exact) mass is 424 g/mol. The number of nitrogens with one attached hydrogen (secondary N) is 3. The van der Waals surface area contributed by atoms with E-state index in [4.69, 9.17) is 4.84 Å². The van der Waals surface area contributed by atoms with Gasteiger partial charge in [0.25, 0.3) is 0 Å². The van der Waals surface area contributed by atoms with Crippen molar-refractivity contribution < 1.29 is 14.0 Å². The van der Waals surface area contributed by atoms with Crippen LogP contribution in [0.1, 0.15) is 6.92 Å². The molecule has 1 aliphatic heterocycles. The molecule has 1 aliphatic rings. The SMILES string of the molecule is CC1CNCCN1Oc1ccc(NC(=O)Nc2cccc(F)c2)cc1-c1ccnn1C. The zero-order chi connectivity index (χ0) is 21.8. The molecule has 1 atom stereocenters. The lowest BCUT2D eigenvalue weighted by atomic mass is 10.1. The lowest BCUT2D eigenvalue weighted by molar-refractivity contribution is -0.0995. The van der Waals surface area contributed by atoms with E-state index in [1.165, 1.54) is 18.2 Å². The number of anilines is 2. The summed E-state index contributed by atoms with van der Waals surface area (Å²) in [5, 5.41) is 15.0. The number of carbonyl (C=O) groups is 1. The number of piperazine rings is 1. The van der Waals surface area contributed by atoms with Crippen molar-refractivity contribution in [2.24, 2.45) is 7.05 Å². The maximum Gasteiger partial charge on any atom is 0.323 e. The van der Waals surface area contributed by atoms with Gasteiger partial charge >= 0.3 is 6.03 Å². The maximum atomic E-state index is 13.4. The van der Waals surface area contributed by atoms with E-state index < -0.39 is 11.8 Å². The first-order chi connectivity index (χ1) is 15.0. The van der Waals surface area contributed by atoms with Crippen molar-refractivity contribution in [1.82, 2.24) is 20.2 Å². The summed E-state index contributed by atoms with van der Waals surface area (Å²) in [4.78, 5) is 18.6. The fourth-order valence-electron chi connectivity index (χ4n) is 3.47. The van der Waals surface area contributed by atoms with E-state index in [-0.39, 0.29) is 6.04 Å². The van der Waals surface area contributed by atoms with Crippen molar-refractivity contribution in [3.05, 3.63) is 60.5 Å². The Bertz CT molecular complexity index is 1070. The highest BCUT2D eigenvalue weighted by Gasteiger charge is 2.22. The Kier molecular flexibility index (Phi) is 6.15. The Morgan fingerprint density at radius 2 is 2.00 bits per heavy atom. The van der Waals surface area contributed by atoms with Crippen LogP contribution in [0.25, 0.3) is 11.3 Å². The van der Waals surface area contributed by atoms with Crippen LogP contribution in [0.15, 0.2) is 54.7 Å². The molecule has 31 heavy (non-hydrogen) atoms. The zero-order valence-electron chi connectivity index (χ0n) is 17.4. The molecule has 0 saturated carbocycles. The second kappa shape index (κ2) is 9.15. The molecule has 0 spiro atoms. The van der Waals surface area contributed by atoms with Gasteiger partial charge in [0, 0.05) is 49.8 Å². The van der Waals surface area contributed by atoms with Crippen LogP contribution in [-0.2, 0) is 7.05 Å². The highest BCUT2D eigenvalue weighted by molar-refractivity contribution is 6.00. The molecule has 1 aromatic heterocycles. The number of urea groups is 1. The molecule has 1 unspecified atom stereocenters. The summed E-state index contributed by atoms with van der Waals surface area (Å²) in [6, 6.07) is 12.8. The molecule has 2 amide bonds. The van der Waals surface area contributed by atoms with Crippen molar-refractivity contribution in [2.45, 2.75) is 13.0 Å². The number of halogens is 1. The predicted molar refractivity (Wildman–Crippen MR) is 117 cm³/mol. The van der Waals surface area contributed by atoms with Crippen molar-refractivity contribution >= 4 is 17.4 Å². The van der Waals surface area contributed by atoms with E-state index in [1.807, 2.05) is 30.3 Å². The Labute approximate surface area is 180 Å². The number of rotatable bonds is 5. The summed E-state index contributed by atoms with van der Waals surface area (Å²) >= 11 is 0.